The van der Waals surface area contributed by atoms with Gasteiger partial charge < -0.3 is 10.5 Å². The minimum atomic E-state index is -0.0877. The number of aryl methyl sites for hydroxylation is 2. The van der Waals surface area contributed by atoms with Crippen LogP contribution >= 0.6 is 0 Å². The summed E-state index contributed by atoms with van der Waals surface area (Å²) in [6.45, 7) is 5.99. The van der Waals surface area contributed by atoms with Gasteiger partial charge in [0, 0.05) is 47.4 Å². The monoisotopic (exact) mass is 271 g/mol. The third kappa shape index (κ3) is 2.96. The van der Waals surface area contributed by atoms with Crippen molar-refractivity contribution in [2.24, 2.45) is 5.73 Å². The number of hydrogen-bond acceptors (Lipinski definition) is 4. The van der Waals surface area contributed by atoms with Crippen molar-refractivity contribution in [3.63, 3.8) is 0 Å². The van der Waals surface area contributed by atoms with Gasteiger partial charge in [-0.3, -0.25) is 9.97 Å². The number of nitrogens with zero attached hydrogens (tertiary/aromatic N) is 2. The standard InChI is InChI=1S/C16H21N3O/c1-10-9-19-15(12(3)16(10)20-4)8-14(17)13-5-6-18-11(2)7-13/h5-7,9,14H,8,17H2,1-4H3. The van der Waals surface area contributed by atoms with E-state index in [4.69, 9.17) is 10.5 Å². The van der Waals surface area contributed by atoms with Crippen LogP contribution < -0.4 is 10.5 Å². The summed E-state index contributed by atoms with van der Waals surface area (Å²) in [7, 11) is 1.69. The summed E-state index contributed by atoms with van der Waals surface area (Å²) >= 11 is 0. The van der Waals surface area contributed by atoms with Gasteiger partial charge in [-0.1, -0.05) is 0 Å². The highest BCUT2D eigenvalue weighted by Gasteiger charge is 2.14. The van der Waals surface area contributed by atoms with E-state index in [1.807, 2.05) is 39.1 Å². The van der Waals surface area contributed by atoms with Gasteiger partial charge in [-0.15, -0.1) is 0 Å². The molecule has 0 amide bonds. The zero-order chi connectivity index (χ0) is 14.7. The average Bonchev–Trinajstić information content (AvgIpc) is 2.42. The Morgan fingerprint density at radius 2 is 2.00 bits per heavy atom. The molecule has 0 saturated heterocycles. The predicted octanol–water partition coefficient (Wildman–Crippen LogP) is 2.65. The summed E-state index contributed by atoms with van der Waals surface area (Å²) in [6, 6.07) is 3.89. The number of ether oxygens (including phenoxy) is 1. The van der Waals surface area contributed by atoms with Crippen molar-refractivity contribution in [1.82, 2.24) is 9.97 Å². The van der Waals surface area contributed by atoms with Gasteiger partial charge in [0.2, 0.25) is 0 Å². The summed E-state index contributed by atoms with van der Waals surface area (Å²) in [5, 5.41) is 0. The van der Waals surface area contributed by atoms with E-state index < -0.39 is 0 Å². The molecule has 2 rings (SSSR count). The van der Waals surface area contributed by atoms with E-state index in [0.717, 1.165) is 33.8 Å². The Kier molecular flexibility index (Phi) is 4.35. The zero-order valence-electron chi connectivity index (χ0n) is 12.5. The van der Waals surface area contributed by atoms with Gasteiger partial charge in [-0.2, -0.15) is 0 Å². The minimum Gasteiger partial charge on any atom is -0.496 e. The lowest BCUT2D eigenvalue weighted by Crippen LogP contribution is -2.15. The molecule has 0 aliphatic carbocycles. The molecule has 2 aromatic rings. The number of methoxy groups -OCH3 is 1. The van der Waals surface area contributed by atoms with Gasteiger partial charge >= 0.3 is 0 Å². The molecule has 106 valence electrons. The van der Waals surface area contributed by atoms with E-state index in [9.17, 15) is 0 Å². The lowest BCUT2D eigenvalue weighted by molar-refractivity contribution is 0.406. The molecule has 2 heterocycles. The first-order valence-electron chi connectivity index (χ1n) is 6.70. The quantitative estimate of drug-likeness (QED) is 0.928. The summed E-state index contributed by atoms with van der Waals surface area (Å²) < 4.78 is 5.43. The molecule has 0 bridgehead atoms. The van der Waals surface area contributed by atoms with E-state index in [2.05, 4.69) is 9.97 Å². The molecule has 0 aromatic carbocycles. The molecular formula is C16H21N3O. The Morgan fingerprint density at radius 1 is 1.25 bits per heavy atom. The van der Waals surface area contributed by atoms with Crippen LogP contribution in [0.1, 0.15) is 34.1 Å². The summed E-state index contributed by atoms with van der Waals surface area (Å²) in [5.74, 6) is 0.896. The maximum atomic E-state index is 6.29. The third-order valence-electron chi connectivity index (χ3n) is 3.51. The van der Waals surface area contributed by atoms with Crippen LogP contribution in [-0.4, -0.2) is 17.1 Å². The highest BCUT2D eigenvalue weighted by atomic mass is 16.5. The van der Waals surface area contributed by atoms with E-state index in [1.165, 1.54) is 0 Å². The number of aromatic nitrogens is 2. The molecule has 0 radical (unpaired) electrons. The van der Waals surface area contributed by atoms with Crippen molar-refractivity contribution in [1.29, 1.82) is 0 Å². The molecular weight excluding hydrogens is 250 g/mol. The van der Waals surface area contributed by atoms with Gasteiger partial charge in [-0.25, -0.2) is 0 Å². The van der Waals surface area contributed by atoms with E-state index >= 15 is 0 Å². The number of pyridine rings is 2. The lowest BCUT2D eigenvalue weighted by atomic mass is 9.99. The molecule has 1 atom stereocenters. The summed E-state index contributed by atoms with van der Waals surface area (Å²) in [4.78, 5) is 8.69. The van der Waals surface area contributed by atoms with Gasteiger partial charge in [0.1, 0.15) is 5.75 Å². The number of hydrogen-bond donors (Lipinski definition) is 1. The van der Waals surface area contributed by atoms with Crippen LogP contribution in [0.2, 0.25) is 0 Å². The lowest BCUT2D eigenvalue weighted by Gasteiger charge is -2.16. The second-order valence-corrected chi connectivity index (χ2v) is 5.09. The van der Waals surface area contributed by atoms with Crippen molar-refractivity contribution in [2.45, 2.75) is 33.2 Å². The second kappa shape index (κ2) is 6.01. The number of nitrogens with two attached hydrogens (primary N) is 1. The van der Waals surface area contributed by atoms with E-state index in [0.29, 0.717) is 6.42 Å². The van der Waals surface area contributed by atoms with Crippen molar-refractivity contribution < 1.29 is 4.74 Å². The molecule has 1 unspecified atom stereocenters. The van der Waals surface area contributed by atoms with Crippen LogP contribution in [0.15, 0.2) is 24.5 Å². The highest BCUT2D eigenvalue weighted by Crippen LogP contribution is 2.26. The maximum Gasteiger partial charge on any atom is 0.128 e. The zero-order valence-corrected chi connectivity index (χ0v) is 12.5. The fourth-order valence-electron chi connectivity index (χ4n) is 2.40. The van der Waals surface area contributed by atoms with Crippen LogP contribution in [0.3, 0.4) is 0 Å². The fraction of sp³-hybridized carbons (Fsp3) is 0.375. The smallest absolute Gasteiger partial charge is 0.128 e. The first kappa shape index (κ1) is 14.5. The van der Waals surface area contributed by atoms with E-state index in [-0.39, 0.29) is 6.04 Å². The molecule has 0 spiro atoms. The van der Waals surface area contributed by atoms with Crippen LogP contribution in [0.5, 0.6) is 5.75 Å². The summed E-state index contributed by atoms with van der Waals surface area (Å²) in [6.07, 6.45) is 4.32. The molecule has 2 aromatic heterocycles. The molecule has 0 saturated carbocycles. The molecule has 4 heteroatoms. The Morgan fingerprint density at radius 3 is 2.65 bits per heavy atom. The average molecular weight is 271 g/mol. The molecule has 0 fully saturated rings. The highest BCUT2D eigenvalue weighted by molar-refractivity contribution is 5.41. The van der Waals surface area contributed by atoms with Crippen molar-refractivity contribution >= 4 is 0 Å². The SMILES string of the molecule is COc1c(C)cnc(CC(N)c2ccnc(C)c2)c1C. The van der Waals surface area contributed by atoms with Crippen LogP contribution in [0.4, 0.5) is 0 Å². The van der Waals surface area contributed by atoms with E-state index in [1.54, 1.807) is 13.3 Å². The Bertz CT molecular complexity index is 611. The minimum absolute atomic E-state index is 0.0877. The molecule has 2 N–H and O–H groups in total. The molecule has 4 nitrogen and oxygen atoms in total. The second-order valence-electron chi connectivity index (χ2n) is 5.09. The van der Waals surface area contributed by atoms with Gasteiger partial charge in [0.25, 0.3) is 0 Å². The maximum absolute atomic E-state index is 6.29. The van der Waals surface area contributed by atoms with Crippen molar-refractivity contribution in [3.05, 3.63) is 52.6 Å². The van der Waals surface area contributed by atoms with Gasteiger partial charge in [0.15, 0.2) is 0 Å². The largest absolute Gasteiger partial charge is 0.496 e. The first-order chi connectivity index (χ1) is 9.52. The Labute approximate surface area is 120 Å². The fourth-order valence-corrected chi connectivity index (χ4v) is 2.40. The Hall–Kier alpha value is -1.94. The number of rotatable bonds is 4. The molecule has 0 aliphatic heterocycles. The summed E-state index contributed by atoms with van der Waals surface area (Å²) in [5.41, 5.74) is 11.4. The first-order valence-corrected chi connectivity index (χ1v) is 6.70. The van der Waals surface area contributed by atoms with Gasteiger partial charge in [0.05, 0.1) is 7.11 Å². The Balaban J connectivity index is 2.26. The van der Waals surface area contributed by atoms with Crippen LogP contribution in [0, 0.1) is 20.8 Å². The van der Waals surface area contributed by atoms with Crippen LogP contribution in [-0.2, 0) is 6.42 Å². The van der Waals surface area contributed by atoms with Crippen molar-refractivity contribution in [3.8, 4) is 5.75 Å². The van der Waals surface area contributed by atoms with Gasteiger partial charge in [-0.05, 0) is 38.5 Å². The topological polar surface area (TPSA) is 61.0 Å². The van der Waals surface area contributed by atoms with Crippen LogP contribution in [0.25, 0.3) is 0 Å². The third-order valence-corrected chi connectivity index (χ3v) is 3.51. The predicted molar refractivity (Wildman–Crippen MR) is 79.9 cm³/mol. The normalized spacial score (nSPS) is 12.2. The van der Waals surface area contributed by atoms with Crippen molar-refractivity contribution in [2.75, 3.05) is 7.11 Å². The molecule has 0 aliphatic rings. The molecule has 20 heavy (non-hydrogen) atoms.